The molecule has 0 saturated heterocycles. The van der Waals surface area contributed by atoms with Gasteiger partial charge in [-0.3, -0.25) is 4.98 Å². The van der Waals surface area contributed by atoms with Crippen LogP contribution >= 0.6 is 15.9 Å². The van der Waals surface area contributed by atoms with Gasteiger partial charge in [0.15, 0.2) is 0 Å². The highest BCUT2D eigenvalue weighted by atomic mass is 79.9. The van der Waals surface area contributed by atoms with E-state index in [0.717, 1.165) is 29.4 Å². The van der Waals surface area contributed by atoms with Gasteiger partial charge in [0, 0.05) is 27.8 Å². The lowest BCUT2D eigenvalue weighted by molar-refractivity contribution is 0.709. The molecule has 0 amide bonds. The molecule has 0 saturated carbocycles. The Hall–Kier alpha value is -1.09. The Morgan fingerprint density at radius 2 is 2.00 bits per heavy atom. The molecule has 106 valence electrons. The number of anilines is 1. The second kappa shape index (κ2) is 5.72. The van der Waals surface area contributed by atoms with E-state index >= 15 is 0 Å². The van der Waals surface area contributed by atoms with Crippen LogP contribution in [-0.2, 0) is 12.8 Å². The van der Waals surface area contributed by atoms with Crippen molar-refractivity contribution in [3.05, 3.63) is 33.4 Å². The molecule has 0 atom stereocenters. The molecule has 0 spiro atoms. The number of benzene rings is 1. The van der Waals surface area contributed by atoms with Gasteiger partial charge in [0.05, 0.1) is 5.52 Å². The van der Waals surface area contributed by atoms with Crippen LogP contribution in [0.1, 0.15) is 43.0 Å². The Kier molecular flexibility index (Phi) is 3.97. The van der Waals surface area contributed by atoms with Crippen molar-refractivity contribution < 1.29 is 0 Å². The third kappa shape index (κ3) is 2.32. The summed E-state index contributed by atoms with van der Waals surface area (Å²) in [6.45, 7) is 5.28. The number of aromatic nitrogens is 1. The topological polar surface area (TPSA) is 24.9 Å². The number of hydrogen-bond donors (Lipinski definition) is 1. The van der Waals surface area contributed by atoms with E-state index in [9.17, 15) is 0 Å². The van der Waals surface area contributed by atoms with Crippen LogP contribution in [0.4, 0.5) is 5.69 Å². The highest BCUT2D eigenvalue weighted by Gasteiger charge is 2.18. The van der Waals surface area contributed by atoms with Gasteiger partial charge in [-0.05, 0) is 62.8 Å². The van der Waals surface area contributed by atoms with Gasteiger partial charge < -0.3 is 5.32 Å². The van der Waals surface area contributed by atoms with Crippen molar-refractivity contribution in [2.24, 2.45) is 0 Å². The average molecular weight is 333 g/mol. The predicted octanol–water partition coefficient (Wildman–Crippen LogP) is 5.01. The molecule has 0 radical (unpaired) electrons. The molecule has 1 aromatic heterocycles. The summed E-state index contributed by atoms with van der Waals surface area (Å²) in [6.07, 6.45) is 6.16. The van der Waals surface area contributed by atoms with E-state index in [1.807, 2.05) is 0 Å². The Bertz CT molecular complexity index is 649. The van der Waals surface area contributed by atoms with Crippen molar-refractivity contribution >= 4 is 32.5 Å². The maximum absolute atomic E-state index is 5.01. The third-order valence-electron chi connectivity index (χ3n) is 4.23. The van der Waals surface area contributed by atoms with E-state index in [1.165, 1.54) is 47.2 Å². The fraction of sp³-hybridized carbons (Fsp3) is 0.471. The number of aryl methyl sites for hydroxylation is 2. The number of nitrogens with zero attached hydrogens (tertiary/aromatic N) is 1. The number of rotatable bonds is 2. The molecule has 0 fully saturated rings. The third-order valence-corrected chi connectivity index (χ3v) is 5.08. The summed E-state index contributed by atoms with van der Waals surface area (Å²) in [5.74, 6) is 0. The van der Waals surface area contributed by atoms with Crippen molar-refractivity contribution in [3.8, 4) is 0 Å². The molecule has 3 rings (SSSR count). The molecule has 2 aromatic rings. The zero-order valence-electron chi connectivity index (χ0n) is 12.2. The standard InChI is InChI=1S/C17H21BrN2/c1-3-19-17-12-7-5-4-6-8-15(12)20-16-11(2)14(18)10-9-13(16)17/h9-10H,3-8H2,1-2H3,(H,19,20). The highest BCUT2D eigenvalue weighted by Crippen LogP contribution is 2.35. The van der Waals surface area contributed by atoms with Gasteiger partial charge in [-0.2, -0.15) is 0 Å². The molecule has 20 heavy (non-hydrogen) atoms. The van der Waals surface area contributed by atoms with Gasteiger partial charge in [-0.1, -0.05) is 22.4 Å². The fourth-order valence-electron chi connectivity index (χ4n) is 3.16. The molecule has 2 nitrogen and oxygen atoms in total. The molecular formula is C17H21BrN2. The van der Waals surface area contributed by atoms with Crippen molar-refractivity contribution in [3.63, 3.8) is 0 Å². The Balaban J connectivity index is 2.32. The van der Waals surface area contributed by atoms with Gasteiger partial charge in [-0.25, -0.2) is 0 Å². The van der Waals surface area contributed by atoms with Gasteiger partial charge in [0.2, 0.25) is 0 Å². The molecular weight excluding hydrogens is 312 g/mol. The van der Waals surface area contributed by atoms with Gasteiger partial charge >= 0.3 is 0 Å². The molecule has 1 heterocycles. The number of hydrogen-bond acceptors (Lipinski definition) is 2. The van der Waals surface area contributed by atoms with E-state index in [1.54, 1.807) is 0 Å². The summed E-state index contributed by atoms with van der Waals surface area (Å²) in [7, 11) is 0. The summed E-state index contributed by atoms with van der Waals surface area (Å²) < 4.78 is 1.15. The van der Waals surface area contributed by atoms with Gasteiger partial charge in [0.25, 0.3) is 0 Å². The minimum absolute atomic E-state index is 0.959. The van der Waals surface area contributed by atoms with Crippen LogP contribution in [0.3, 0.4) is 0 Å². The number of pyridine rings is 1. The SMILES string of the molecule is CCNc1c2c(nc3c(C)c(Br)ccc13)CCCCC2. The Labute approximate surface area is 129 Å². The molecule has 0 bridgehead atoms. The lowest BCUT2D eigenvalue weighted by atomic mass is 10.00. The first-order valence-electron chi connectivity index (χ1n) is 7.56. The van der Waals surface area contributed by atoms with E-state index in [2.05, 4.69) is 47.2 Å². The monoisotopic (exact) mass is 332 g/mol. The van der Waals surface area contributed by atoms with Crippen LogP contribution in [0.5, 0.6) is 0 Å². The quantitative estimate of drug-likeness (QED) is 0.782. The minimum atomic E-state index is 0.959. The van der Waals surface area contributed by atoms with Crippen molar-refractivity contribution in [1.29, 1.82) is 0 Å². The predicted molar refractivity (Wildman–Crippen MR) is 89.6 cm³/mol. The van der Waals surface area contributed by atoms with Crippen LogP contribution in [-0.4, -0.2) is 11.5 Å². The van der Waals surface area contributed by atoms with Gasteiger partial charge in [0.1, 0.15) is 0 Å². The highest BCUT2D eigenvalue weighted by molar-refractivity contribution is 9.10. The normalized spacial score (nSPS) is 14.9. The molecule has 1 aliphatic rings. The van der Waals surface area contributed by atoms with Crippen LogP contribution < -0.4 is 5.32 Å². The summed E-state index contributed by atoms with van der Waals surface area (Å²) in [6, 6.07) is 4.34. The van der Waals surface area contributed by atoms with E-state index in [0.29, 0.717) is 0 Å². The first kappa shape index (κ1) is 13.9. The average Bonchev–Trinajstić information content (AvgIpc) is 2.68. The molecule has 1 aliphatic carbocycles. The summed E-state index contributed by atoms with van der Waals surface area (Å²) >= 11 is 3.63. The van der Waals surface area contributed by atoms with Crippen LogP contribution in [0, 0.1) is 6.92 Å². The van der Waals surface area contributed by atoms with Crippen LogP contribution in [0.25, 0.3) is 10.9 Å². The van der Waals surface area contributed by atoms with Gasteiger partial charge in [-0.15, -0.1) is 0 Å². The number of halogens is 1. The first-order chi connectivity index (χ1) is 9.72. The van der Waals surface area contributed by atoms with E-state index < -0.39 is 0 Å². The minimum Gasteiger partial charge on any atom is -0.384 e. The Morgan fingerprint density at radius 1 is 1.20 bits per heavy atom. The molecule has 1 N–H and O–H groups in total. The number of nitrogens with one attached hydrogen (secondary N) is 1. The molecule has 3 heteroatoms. The summed E-state index contributed by atoms with van der Waals surface area (Å²) in [5, 5.41) is 4.87. The first-order valence-corrected chi connectivity index (χ1v) is 8.36. The Morgan fingerprint density at radius 3 is 2.80 bits per heavy atom. The second-order valence-electron chi connectivity index (χ2n) is 5.57. The molecule has 0 unspecified atom stereocenters. The second-order valence-corrected chi connectivity index (χ2v) is 6.43. The maximum atomic E-state index is 5.01. The molecule has 0 aliphatic heterocycles. The lowest BCUT2D eigenvalue weighted by Gasteiger charge is -2.17. The summed E-state index contributed by atoms with van der Waals surface area (Å²) in [5.41, 5.74) is 6.49. The molecule has 1 aromatic carbocycles. The maximum Gasteiger partial charge on any atom is 0.0766 e. The largest absolute Gasteiger partial charge is 0.384 e. The van der Waals surface area contributed by atoms with Crippen molar-refractivity contribution in [2.45, 2.75) is 46.0 Å². The van der Waals surface area contributed by atoms with E-state index in [-0.39, 0.29) is 0 Å². The van der Waals surface area contributed by atoms with E-state index in [4.69, 9.17) is 4.98 Å². The van der Waals surface area contributed by atoms with Crippen LogP contribution in [0.15, 0.2) is 16.6 Å². The lowest BCUT2D eigenvalue weighted by Crippen LogP contribution is -2.07. The zero-order valence-corrected chi connectivity index (χ0v) is 13.8. The zero-order chi connectivity index (χ0) is 14.1. The van der Waals surface area contributed by atoms with Crippen molar-refractivity contribution in [1.82, 2.24) is 4.98 Å². The van der Waals surface area contributed by atoms with Crippen LogP contribution in [0.2, 0.25) is 0 Å². The smallest absolute Gasteiger partial charge is 0.0766 e. The van der Waals surface area contributed by atoms with Crippen molar-refractivity contribution in [2.75, 3.05) is 11.9 Å². The summed E-state index contributed by atoms with van der Waals surface area (Å²) in [4.78, 5) is 5.01. The number of fused-ring (bicyclic) bond motifs is 2. The fourth-order valence-corrected chi connectivity index (χ4v) is 3.48.